The van der Waals surface area contributed by atoms with Gasteiger partial charge in [0.15, 0.2) is 0 Å². The van der Waals surface area contributed by atoms with E-state index >= 15 is 4.39 Å². The molecule has 32 heavy (non-hydrogen) atoms. The monoisotopic (exact) mass is 443 g/mol. The highest BCUT2D eigenvalue weighted by Gasteiger charge is 2.46. The van der Waals surface area contributed by atoms with Gasteiger partial charge in [-0.1, -0.05) is 0 Å². The van der Waals surface area contributed by atoms with Gasteiger partial charge in [0.05, 0.1) is 22.3 Å². The lowest BCUT2D eigenvalue weighted by Gasteiger charge is -2.37. The number of carbonyl (C=O) groups is 1. The minimum Gasteiger partial charge on any atom is -0.477 e. The van der Waals surface area contributed by atoms with Crippen molar-refractivity contribution in [2.24, 2.45) is 0 Å². The van der Waals surface area contributed by atoms with Gasteiger partial charge in [-0.05, 0) is 38.0 Å². The number of hydrogen-bond acceptors (Lipinski definition) is 4. The zero-order chi connectivity index (χ0) is 22.8. The summed E-state index contributed by atoms with van der Waals surface area (Å²) in [7, 11) is 0. The van der Waals surface area contributed by atoms with Gasteiger partial charge in [-0.25, -0.2) is 18.0 Å². The number of fused-ring (bicyclic) bond motifs is 1. The molecule has 5 rings (SSSR count). The predicted molar refractivity (Wildman–Crippen MR) is 113 cm³/mol. The molecule has 0 bridgehead atoms. The van der Waals surface area contributed by atoms with E-state index in [-0.39, 0.29) is 22.1 Å². The molecule has 0 unspecified atom stereocenters. The maximum Gasteiger partial charge on any atom is 0.341 e. The number of nitrogens with one attached hydrogen (secondary N) is 1. The highest BCUT2D eigenvalue weighted by Crippen LogP contribution is 2.41. The number of pyridine rings is 1. The lowest BCUT2D eigenvalue weighted by molar-refractivity contribution is 0.0695. The van der Waals surface area contributed by atoms with Gasteiger partial charge in [-0.3, -0.25) is 4.79 Å². The molecule has 1 saturated heterocycles. The first-order chi connectivity index (χ1) is 15.2. The van der Waals surface area contributed by atoms with Crippen LogP contribution in [0.1, 0.15) is 28.8 Å². The van der Waals surface area contributed by atoms with Gasteiger partial charge in [0.1, 0.15) is 23.0 Å². The van der Waals surface area contributed by atoms with Gasteiger partial charge in [0.25, 0.3) is 0 Å². The summed E-state index contributed by atoms with van der Waals surface area (Å²) >= 11 is 0. The number of halogens is 3. The van der Waals surface area contributed by atoms with E-state index in [1.807, 2.05) is 4.90 Å². The number of aromatic carboxylic acids is 1. The Balaban J connectivity index is 1.82. The minimum absolute atomic E-state index is 0.0397. The highest BCUT2D eigenvalue weighted by atomic mass is 19.1. The molecule has 6 nitrogen and oxygen atoms in total. The second kappa shape index (κ2) is 7.09. The second-order valence-corrected chi connectivity index (χ2v) is 8.50. The molecule has 2 aromatic carbocycles. The van der Waals surface area contributed by atoms with Gasteiger partial charge in [-0.2, -0.15) is 0 Å². The SMILES string of the molecule is Cc1c(N2CCNC3(CC3)C2)c(F)cc2c(=O)c(C(=O)O)cn(-c3ccc(F)cc3F)c12. The normalized spacial score (nSPS) is 17.2. The molecular weight excluding hydrogens is 423 g/mol. The van der Waals surface area contributed by atoms with Gasteiger partial charge in [-0.15, -0.1) is 0 Å². The first-order valence-electron chi connectivity index (χ1n) is 10.3. The number of nitrogens with zero attached hydrogens (tertiary/aromatic N) is 2. The molecule has 0 amide bonds. The molecule has 1 spiro atoms. The van der Waals surface area contributed by atoms with E-state index in [0.717, 1.165) is 37.2 Å². The van der Waals surface area contributed by atoms with Crippen LogP contribution in [0, 0.1) is 24.4 Å². The van der Waals surface area contributed by atoms with Crippen LogP contribution >= 0.6 is 0 Å². The maximum atomic E-state index is 15.3. The molecule has 2 aliphatic rings. The average molecular weight is 443 g/mol. The largest absolute Gasteiger partial charge is 0.477 e. The van der Waals surface area contributed by atoms with E-state index in [1.54, 1.807) is 6.92 Å². The highest BCUT2D eigenvalue weighted by molar-refractivity contribution is 5.96. The molecule has 3 aromatic rings. The molecule has 2 heterocycles. The van der Waals surface area contributed by atoms with E-state index < -0.39 is 34.4 Å². The van der Waals surface area contributed by atoms with Crippen LogP contribution in [-0.2, 0) is 0 Å². The standard InChI is InChI=1S/C23H20F3N3O3/c1-12-19-14(9-17(26)20(12)28-7-6-27-23(11-28)4-5-23)21(30)15(22(31)32)10-29(19)18-3-2-13(24)8-16(18)25/h2-3,8-10,27H,4-7,11H2,1H3,(H,31,32). The number of aromatic nitrogens is 1. The Hall–Kier alpha value is -3.33. The average Bonchev–Trinajstić information content (AvgIpc) is 3.47. The first kappa shape index (κ1) is 20.6. The number of piperazine rings is 1. The smallest absolute Gasteiger partial charge is 0.341 e. The Bertz CT molecular complexity index is 1350. The van der Waals surface area contributed by atoms with Gasteiger partial charge in [0.2, 0.25) is 5.43 Å². The predicted octanol–water partition coefficient (Wildman–Crippen LogP) is 3.36. The summed E-state index contributed by atoms with van der Waals surface area (Å²) < 4.78 is 44.7. The summed E-state index contributed by atoms with van der Waals surface area (Å²) in [4.78, 5) is 26.4. The molecule has 0 atom stereocenters. The third kappa shape index (κ3) is 3.15. The Morgan fingerprint density at radius 1 is 1.16 bits per heavy atom. The number of benzene rings is 2. The van der Waals surface area contributed by atoms with Crippen LogP contribution in [0.3, 0.4) is 0 Å². The van der Waals surface area contributed by atoms with Crippen molar-refractivity contribution in [3.05, 3.63) is 69.3 Å². The zero-order valence-electron chi connectivity index (χ0n) is 17.2. The fraction of sp³-hybridized carbons (Fsp3) is 0.304. The summed E-state index contributed by atoms with van der Waals surface area (Å²) in [6.45, 7) is 3.44. The first-order valence-corrected chi connectivity index (χ1v) is 10.3. The van der Waals surface area contributed by atoms with Crippen LogP contribution in [0.2, 0.25) is 0 Å². The van der Waals surface area contributed by atoms with Crippen molar-refractivity contribution in [3.8, 4) is 5.69 Å². The van der Waals surface area contributed by atoms with Gasteiger partial charge >= 0.3 is 5.97 Å². The van der Waals surface area contributed by atoms with Crippen LogP contribution < -0.4 is 15.6 Å². The van der Waals surface area contributed by atoms with E-state index in [9.17, 15) is 23.5 Å². The Kier molecular flexibility index (Phi) is 4.56. The number of carboxylic acid groups (broad SMARTS) is 1. The summed E-state index contributed by atoms with van der Waals surface area (Å²) in [5.41, 5.74) is -0.809. The van der Waals surface area contributed by atoms with E-state index in [1.165, 1.54) is 4.57 Å². The van der Waals surface area contributed by atoms with E-state index in [0.29, 0.717) is 37.0 Å². The van der Waals surface area contributed by atoms with Crippen molar-refractivity contribution in [2.75, 3.05) is 24.5 Å². The van der Waals surface area contributed by atoms with Crippen LogP contribution in [0.25, 0.3) is 16.6 Å². The topological polar surface area (TPSA) is 74.6 Å². The lowest BCUT2D eigenvalue weighted by atomic mass is 10.0. The molecule has 1 aliphatic carbocycles. The number of anilines is 1. The maximum absolute atomic E-state index is 15.3. The third-order valence-corrected chi connectivity index (χ3v) is 6.40. The minimum atomic E-state index is -1.52. The third-order valence-electron chi connectivity index (χ3n) is 6.40. The van der Waals surface area contributed by atoms with Crippen molar-refractivity contribution in [1.29, 1.82) is 0 Å². The molecular formula is C23H20F3N3O3. The number of rotatable bonds is 3. The van der Waals surface area contributed by atoms with E-state index in [2.05, 4.69) is 5.32 Å². The zero-order valence-corrected chi connectivity index (χ0v) is 17.2. The molecule has 1 saturated carbocycles. The van der Waals surface area contributed by atoms with Crippen molar-refractivity contribution >= 4 is 22.6 Å². The molecule has 1 aliphatic heterocycles. The molecule has 166 valence electrons. The van der Waals surface area contributed by atoms with Gasteiger partial charge in [0, 0.05) is 43.0 Å². The number of hydrogen-bond donors (Lipinski definition) is 2. The molecule has 0 radical (unpaired) electrons. The van der Waals surface area contributed by atoms with Crippen LogP contribution in [-0.4, -0.2) is 40.8 Å². The quantitative estimate of drug-likeness (QED) is 0.650. The fourth-order valence-electron chi connectivity index (χ4n) is 4.68. The van der Waals surface area contributed by atoms with Crippen molar-refractivity contribution in [1.82, 2.24) is 9.88 Å². The Morgan fingerprint density at radius 3 is 2.56 bits per heavy atom. The number of carboxylic acids is 1. The molecule has 2 N–H and O–H groups in total. The fourth-order valence-corrected chi connectivity index (χ4v) is 4.68. The second-order valence-electron chi connectivity index (χ2n) is 8.50. The van der Waals surface area contributed by atoms with Crippen molar-refractivity contribution < 1.29 is 23.1 Å². The number of aryl methyl sites for hydroxylation is 1. The summed E-state index contributed by atoms with van der Waals surface area (Å²) in [6, 6.07) is 3.89. The van der Waals surface area contributed by atoms with Crippen LogP contribution in [0.4, 0.5) is 18.9 Å². The van der Waals surface area contributed by atoms with Crippen molar-refractivity contribution in [3.63, 3.8) is 0 Å². The Labute approximate surface area is 180 Å². The molecule has 2 fully saturated rings. The van der Waals surface area contributed by atoms with Gasteiger partial charge < -0.3 is 19.9 Å². The summed E-state index contributed by atoms with van der Waals surface area (Å²) in [6.07, 6.45) is 2.99. The molecule has 1 aromatic heterocycles. The summed E-state index contributed by atoms with van der Waals surface area (Å²) in [5, 5.41) is 12.8. The van der Waals surface area contributed by atoms with E-state index in [4.69, 9.17) is 0 Å². The van der Waals surface area contributed by atoms with Crippen LogP contribution in [0.5, 0.6) is 0 Å². The Morgan fingerprint density at radius 2 is 1.91 bits per heavy atom. The molecule has 9 heteroatoms. The summed E-state index contributed by atoms with van der Waals surface area (Å²) in [5.74, 6) is -3.89. The van der Waals surface area contributed by atoms with Crippen LogP contribution in [0.15, 0.2) is 35.3 Å². The van der Waals surface area contributed by atoms with Crippen molar-refractivity contribution in [2.45, 2.75) is 25.3 Å². The lowest BCUT2D eigenvalue weighted by Crippen LogP contribution is -2.53.